The first-order valence-corrected chi connectivity index (χ1v) is 7.10. The van der Waals surface area contributed by atoms with Crippen molar-refractivity contribution in [3.05, 3.63) is 34.2 Å². The van der Waals surface area contributed by atoms with E-state index >= 15 is 0 Å². The summed E-state index contributed by atoms with van der Waals surface area (Å²) in [6.07, 6.45) is 5.32. The highest BCUT2D eigenvalue weighted by Crippen LogP contribution is 2.65. The van der Waals surface area contributed by atoms with Gasteiger partial charge >= 0.3 is 5.69 Å². The van der Waals surface area contributed by atoms with Crippen LogP contribution in [0.2, 0.25) is 0 Å². The average Bonchev–Trinajstić information content (AvgIpc) is 2.85. The van der Waals surface area contributed by atoms with E-state index in [1.807, 2.05) is 7.05 Å². The number of nitrogens with zero attached hydrogens (tertiary/aromatic N) is 6. The number of aromatic nitrogens is 5. The highest BCUT2D eigenvalue weighted by Gasteiger charge is 2.59. The predicted molar refractivity (Wildman–Crippen MR) is 72.6 cm³/mol. The topological polar surface area (TPSA) is 91.7 Å². The van der Waals surface area contributed by atoms with Crippen LogP contribution in [0.25, 0.3) is 0 Å². The molecule has 2 fully saturated rings. The van der Waals surface area contributed by atoms with Gasteiger partial charge in [0.05, 0.1) is 11.0 Å². The number of hydrogen-bond acceptors (Lipinski definition) is 5. The van der Waals surface area contributed by atoms with Gasteiger partial charge in [0.2, 0.25) is 0 Å². The molecule has 2 heterocycles. The second-order valence-corrected chi connectivity index (χ2v) is 6.09. The molecule has 0 aliphatic heterocycles. The molecule has 0 amide bonds. The molecule has 0 radical (unpaired) electrons. The highest BCUT2D eigenvalue weighted by molar-refractivity contribution is 5.31. The van der Waals surface area contributed by atoms with Crippen LogP contribution in [0.5, 0.6) is 0 Å². The van der Waals surface area contributed by atoms with Crippen LogP contribution >= 0.6 is 0 Å². The molecule has 21 heavy (non-hydrogen) atoms. The first kappa shape index (κ1) is 12.5. The fourth-order valence-corrected chi connectivity index (χ4v) is 3.76. The Labute approximate surface area is 120 Å². The molecule has 0 aromatic carbocycles. The molecule has 2 aromatic heterocycles. The third-order valence-electron chi connectivity index (χ3n) is 4.80. The summed E-state index contributed by atoms with van der Waals surface area (Å²) >= 11 is 0. The van der Waals surface area contributed by atoms with Gasteiger partial charge in [0.15, 0.2) is 5.82 Å². The van der Waals surface area contributed by atoms with Crippen LogP contribution in [-0.2, 0) is 7.05 Å². The normalized spacial score (nSPS) is 30.4. The quantitative estimate of drug-likeness (QED) is 0.631. The molecule has 0 saturated heterocycles. The summed E-state index contributed by atoms with van der Waals surface area (Å²) in [5, 5.41) is 19.6. The molecule has 2 saturated carbocycles. The zero-order valence-corrected chi connectivity index (χ0v) is 11.9. The van der Waals surface area contributed by atoms with Gasteiger partial charge in [-0.1, -0.05) is 0 Å². The second-order valence-electron chi connectivity index (χ2n) is 6.09. The fraction of sp³-hybridized carbons (Fsp3) is 0.615. The van der Waals surface area contributed by atoms with E-state index in [9.17, 15) is 10.1 Å². The van der Waals surface area contributed by atoms with Crippen LogP contribution in [0, 0.1) is 28.9 Å². The minimum absolute atomic E-state index is 0.110. The Hall–Kier alpha value is -2.25. The first-order chi connectivity index (χ1) is 10.0. The number of fused-ring (bicyclic) bond motifs is 1. The molecule has 0 N–H and O–H groups in total. The van der Waals surface area contributed by atoms with Crippen molar-refractivity contribution in [2.45, 2.75) is 31.7 Å². The molecule has 2 aliphatic carbocycles. The number of rotatable bonds is 3. The van der Waals surface area contributed by atoms with E-state index in [0.29, 0.717) is 23.4 Å². The van der Waals surface area contributed by atoms with Gasteiger partial charge in [0, 0.05) is 13.0 Å². The summed E-state index contributed by atoms with van der Waals surface area (Å²) in [5.41, 5.74) is 0.599. The summed E-state index contributed by atoms with van der Waals surface area (Å²) in [5.74, 6) is 2.60. The highest BCUT2D eigenvalue weighted by atomic mass is 16.6. The Morgan fingerprint density at radius 2 is 2.05 bits per heavy atom. The Kier molecular flexibility index (Phi) is 2.45. The maximum Gasteiger partial charge on any atom is 0.309 e. The van der Waals surface area contributed by atoms with Crippen molar-refractivity contribution in [1.82, 2.24) is 24.5 Å². The van der Waals surface area contributed by atoms with E-state index in [2.05, 4.69) is 15.2 Å². The molecule has 8 heteroatoms. The molecular formula is C13H16N6O2. The SMILES string of the molecule is Cc1nn(C2CC3C(C2)C3c2ncn(C)n2)cc1[N+](=O)[O-]. The van der Waals surface area contributed by atoms with Crippen LogP contribution in [0.3, 0.4) is 0 Å². The molecule has 2 aliphatic rings. The molecule has 2 aromatic rings. The van der Waals surface area contributed by atoms with Crippen LogP contribution < -0.4 is 0 Å². The van der Waals surface area contributed by atoms with Gasteiger partial charge < -0.3 is 0 Å². The third kappa shape index (κ3) is 1.85. The molecule has 2 atom stereocenters. The molecule has 0 bridgehead atoms. The Balaban J connectivity index is 1.48. The smallest absolute Gasteiger partial charge is 0.262 e. The van der Waals surface area contributed by atoms with Crippen LogP contribution in [0.1, 0.15) is 36.3 Å². The van der Waals surface area contributed by atoms with Gasteiger partial charge in [-0.3, -0.25) is 19.5 Å². The van der Waals surface area contributed by atoms with Crippen LogP contribution in [0.15, 0.2) is 12.5 Å². The summed E-state index contributed by atoms with van der Waals surface area (Å²) in [4.78, 5) is 14.9. The minimum Gasteiger partial charge on any atom is -0.262 e. The predicted octanol–water partition coefficient (Wildman–Crippen LogP) is 1.59. The molecule has 4 rings (SSSR count). The minimum atomic E-state index is -0.366. The lowest BCUT2D eigenvalue weighted by Gasteiger charge is -2.13. The first-order valence-electron chi connectivity index (χ1n) is 7.10. The lowest BCUT2D eigenvalue weighted by molar-refractivity contribution is -0.385. The van der Waals surface area contributed by atoms with E-state index < -0.39 is 0 Å². The molecular weight excluding hydrogens is 272 g/mol. The number of aryl methyl sites for hydroxylation is 2. The summed E-state index contributed by atoms with van der Waals surface area (Å²) in [6, 6.07) is 0.271. The Morgan fingerprint density at radius 1 is 1.33 bits per heavy atom. The maximum absolute atomic E-state index is 10.9. The summed E-state index contributed by atoms with van der Waals surface area (Å²) < 4.78 is 3.52. The Bertz CT molecular complexity index is 708. The van der Waals surface area contributed by atoms with Crippen molar-refractivity contribution in [1.29, 1.82) is 0 Å². The van der Waals surface area contributed by atoms with Gasteiger partial charge in [-0.05, 0) is 31.6 Å². The largest absolute Gasteiger partial charge is 0.309 e. The van der Waals surface area contributed by atoms with Gasteiger partial charge in [-0.15, -0.1) is 0 Å². The lowest BCUT2D eigenvalue weighted by Crippen LogP contribution is -2.09. The average molecular weight is 288 g/mol. The zero-order chi connectivity index (χ0) is 14.7. The molecule has 8 nitrogen and oxygen atoms in total. The van der Waals surface area contributed by atoms with Gasteiger partial charge in [0.1, 0.15) is 18.2 Å². The van der Waals surface area contributed by atoms with Crippen LogP contribution in [-0.4, -0.2) is 29.5 Å². The number of nitro groups is 1. The van der Waals surface area contributed by atoms with Crippen molar-refractivity contribution in [3.63, 3.8) is 0 Å². The van der Waals surface area contributed by atoms with Crippen molar-refractivity contribution in [2.24, 2.45) is 18.9 Å². The van der Waals surface area contributed by atoms with Gasteiger partial charge in [-0.2, -0.15) is 10.2 Å². The van der Waals surface area contributed by atoms with Gasteiger partial charge in [0.25, 0.3) is 0 Å². The van der Waals surface area contributed by atoms with Crippen molar-refractivity contribution >= 4 is 5.69 Å². The monoisotopic (exact) mass is 288 g/mol. The zero-order valence-electron chi connectivity index (χ0n) is 11.9. The second kappa shape index (κ2) is 4.12. The maximum atomic E-state index is 10.9. The van der Waals surface area contributed by atoms with Crippen molar-refractivity contribution in [2.75, 3.05) is 0 Å². The van der Waals surface area contributed by atoms with Crippen LogP contribution in [0.4, 0.5) is 5.69 Å². The standard InChI is InChI=1S/C13H16N6O2/c1-7-11(19(20)21)5-18(15-7)8-3-9-10(4-8)12(9)13-14-6-17(2)16-13/h5-6,8-10,12H,3-4H2,1-2H3. The van der Waals surface area contributed by atoms with E-state index in [4.69, 9.17) is 0 Å². The van der Waals surface area contributed by atoms with E-state index in [1.54, 1.807) is 28.8 Å². The third-order valence-corrected chi connectivity index (χ3v) is 4.80. The van der Waals surface area contributed by atoms with E-state index in [1.165, 1.54) is 0 Å². The lowest BCUT2D eigenvalue weighted by atomic mass is 10.1. The van der Waals surface area contributed by atoms with Gasteiger partial charge in [-0.25, -0.2) is 4.98 Å². The van der Waals surface area contributed by atoms with E-state index in [-0.39, 0.29) is 16.7 Å². The number of hydrogen-bond donors (Lipinski definition) is 0. The molecule has 110 valence electrons. The fourth-order valence-electron chi connectivity index (χ4n) is 3.76. The van der Waals surface area contributed by atoms with Crippen molar-refractivity contribution in [3.8, 4) is 0 Å². The molecule has 2 unspecified atom stereocenters. The summed E-state index contributed by atoms with van der Waals surface area (Å²) in [7, 11) is 1.88. The molecule has 0 spiro atoms. The van der Waals surface area contributed by atoms with Crippen molar-refractivity contribution < 1.29 is 4.92 Å². The van der Waals surface area contributed by atoms with E-state index in [0.717, 1.165) is 18.7 Å². The summed E-state index contributed by atoms with van der Waals surface area (Å²) in [6.45, 7) is 1.69. The Morgan fingerprint density at radius 3 is 2.57 bits per heavy atom.